The van der Waals surface area contributed by atoms with Crippen LogP contribution in [0.15, 0.2) is 112 Å². The van der Waals surface area contributed by atoms with Crippen molar-refractivity contribution in [2.24, 2.45) is 5.10 Å². The minimum Gasteiger partial charge on any atom is -0.484 e. The first kappa shape index (κ1) is 31.3. The van der Waals surface area contributed by atoms with Crippen LogP contribution < -0.4 is 19.8 Å². The molecule has 0 unspecified atom stereocenters. The Morgan fingerprint density at radius 1 is 0.837 bits per heavy atom. The average Bonchev–Trinajstić information content (AvgIpc) is 3.01. The molecule has 0 fully saturated rings. The number of carbonyl (C=O) groups is 2. The molecule has 4 rings (SSSR count). The van der Waals surface area contributed by atoms with Crippen LogP contribution in [0, 0.1) is 13.8 Å². The van der Waals surface area contributed by atoms with E-state index in [-0.39, 0.29) is 17.4 Å². The van der Waals surface area contributed by atoms with Crippen molar-refractivity contribution in [3.63, 3.8) is 0 Å². The van der Waals surface area contributed by atoms with Crippen molar-refractivity contribution >= 4 is 51.2 Å². The minimum absolute atomic E-state index is 0.0807. The molecule has 0 aliphatic heterocycles. The second kappa shape index (κ2) is 14.5. The number of thioether (sulfide) groups is 1. The number of hydrogen-bond donors (Lipinski definition) is 2. The third-order valence-electron chi connectivity index (χ3n) is 6.24. The summed E-state index contributed by atoms with van der Waals surface area (Å²) >= 11 is 1.51. The molecule has 0 atom stereocenters. The molecule has 4 aromatic carbocycles. The van der Waals surface area contributed by atoms with Crippen molar-refractivity contribution in [3.05, 3.63) is 114 Å². The number of amides is 2. The largest absolute Gasteiger partial charge is 0.484 e. The molecule has 0 heterocycles. The Balaban J connectivity index is 1.35. The van der Waals surface area contributed by atoms with E-state index in [9.17, 15) is 18.0 Å². The minimum atomic E-state index is -4.03. The molecule has 2 N–H and O–H groups in total. The Hall–Kier alpha value is -4.61. The maximum absolute atomic E-state index is 13.5. The van der Waals surface area contributed by atoms with Gasteiger partial charge < -0.3 is 10.1 Å². The fourth-order valence-corrected chi connectivity index (χ4v) is 5.71. The molecule has 0 spiro atoms. The second-order valence-electron chi connectivity index (χ2n) is 9.59. The topological polar surface area (TPSA) is 117 Å². The van der Waals surface area contributed by atoms with Crippen molar-refractivity contribution in [2.75, 3.05) is 29.0 Å². The highest BCUT2D eigenvalue weighted by Crippen LogP contribution is 2.25. The van der Waals surface area contributed by atoms with Gasteiger partial charge in [0.25, 0.3) is 21.8 Å². The number of hydrazone groups is 1. The Morgan fingerprint density at radius 2 is 1.44 bits per heavy atom. The number of hydrogen-bond acceptors (Lipinski definition) is 7. The summed E-state index contributed by atoms with van der Waals surface area (Å²) in [5.41, 5.74) is 6.18. The molecular formula is C32H32N4O5S2. The van der Waals surface area contributed by atoms with Gasteiger partial charge in [-0.05, 0) is 98.5 Å². The summed E-state index contributed by atoms with van der Waals surface area (Å²) in [7, 11) is -4.03. The van der Waals surface area contributed by atoms with Gasteiger partial charge in [-0.15, -0.1) is 11.8 Å². The van der Waals surface area contributed by atoms with E-state index in [0.29, 0.717) is 22.7 Å². The summed E-state index contributed by atoms with van der Waals surface area (Å²) in [5.74, 6) is -0.402. The van der Waals surface area contributed by atoms with Crippen molar-refractivity contribution in [2.45, 2.75) is 23.6 Å². The van der Waals surface area contributed by atoms with Gasteiger partial charge in [0, 0.05) is 10.6 Å². The lowest BCUT2D eigenvalue weighted by Gasteiger charge is -2.24. The Labute approximate surface area is 256 Å². The van der Waals surface area contributed by atoms with E-state index in [4.69, 9.17) is 4.74 Å². The molecular weight excluding hydrogens is 585 g/mol. The molecule has 4 aromatic rings. The number of nitrogens with one attached hydrogen (secondary N) is 2. The van der Waals surface area contributed by atoms with Gasteiger partial charge in [0.1, 0.15) is 12.3 Å². The maximum atomic E-state index is 13.5. The molecule has 0 bridgehead atoms. The van der Waals surface area contributed by atoms with E-state index in [1.165, 1.54) is 30.1 Å². The lowest BCUT2D eigenvalue weighted by atomic mass is 10.2. The van der Waals surface area contributed by atoms with Crippen LogP contribution >= 0.6 is 11.8 Å². The fraction of sp³-hybridized carbons (Fsp3) is 0.156. The summed E-state index contributed by atoms with van der Waals surface area (Å²) in [4.78, 5) is 26.0. The van der Waals surface area contributed by atoms with Crippen LogP contribution in [0.3, 0.4) is 0 Å². The van der Waals surface area contributed by atoms with Crippen LogP contribution in [-0.2, 0) is 19.6 Å². The number of carbonyl (C=O) groups excluding carboxylic acids is 2. The van der Waals surface area contributed by atoms with Crippen LogP contribution in [0.1, 0.15) is 16.7 Å². The SMILES string of the molecule is CSc1ccc(S(=O)(=O)N(CC(=O)N/N=C\c2ccc(OCC(=O)Nc3ccc(C)cc3)cc2)c2ccc(C)cc2)cc1. The third-order valence-corrected chi connectivity index (χ3v) is 8.78. The number of aryl methyl sites for hydroxylation is 2. The van der Waals surface area contributed by atoms with E-state index >= 15 is 0 Å². The normalized spacial score (nSPS) is 11.2. The number of anilines is 2. The summed E-state index contributed by atoms with van der Waals surface area (Å²) in [5, 5.41) is 6.75. The summed E-state index contributed by atoms with van der Waals surface area (Å²) in [6.45, 7) is 3.24. The molecule has 0 saturated heterocycles. The van der Waals surface area contributed by atoms with Crippen LogP contribution in [-0.4, -0.2) is 45.9 Å². The number of ether oxygens (including phenoxy) is 1. The van der Waals surface area contributed by atoms with Crippen LogP contribution in [0.2, 0.25) is 0 Å². The number of sulfonamides is 1. The molecule has 0 saturated carbocycles. The summed E-state index contributed by atoms with van der Waals surface area (Å²) in [6, 6.07) is 27.7. The lowest BCUT2D eigenvalue weighted by molar-refractivity contribution is -0.119. The van der Waals surface area contributed by atoms with Gasteiger partial charge in [0.2, 0.25) is 0 Å². The fourth-order valence-electron chi connectivity index (χ4n) is 3.88. The highest BCUT2D eigenvalue weighted by molar-refractivity contribution is 7.98. The van der Waals surface area contributed by atoms with Crippen molar-refractivity contribution in [1.82, 2.24) is 5.43 Å². The molecule has 2 amide bonds. The lowest BCUT2D eigenvalue weighted by Crippen LogP contribution is -2.39. The van der Waals surface area contributed by atoms with Gasteiger partial charge in [-0.25, -0.2) is 13.8 Å². The monoisotopic (exact) mass is 616 g/mol. The molecule has 43 heavy (non-hydrogen) atoms. The Bertz CT molecular complexity index is 1670. The van der Waals surface area contributed by atoms with Gasteiger partial charge in [-0.2, -0.15) is 5.10 Å². The smallest absolute Gasteiger partial charge is 0.264 e. The summed E-state index contributed by atoms with van der Waals surface area (Å²) in [6.07, 6.45) is 3.33. The zero-order chi connectivity index (χ0) is 30.8. The molecule has 0 radical (unpaired) electrons. The van der Waals surface area contributed by atoms with E-state index in [1.54, 1.807) is 60.7 Å². The highest BCUT2D eigenvalue weighted by atomic mass is 32.2. The number of nitrogens with zero attached hydrogens (tertiary/aromatic N) is 2. The predicted molar refractivity (Wildman–Crippen MR) is 171 cm³/mol. The molecule has 11 heteroatoms. The van der Waals surface area contributed by atoms with Crippen LogP contribution in [0.4, 0.5) is 11.4 Å². The van der Waals surface area contributed by atoms with Gasteiger partial charge in [0.05, 0.1) is 16.8 Å². The average molecular weight is 617 g/mol. The third kappa shape index (κ3) is 8.94. The standard InChI is InChI=1S/C32H32N4O5S2/c1-23-4-10-26(11-5-23)34-32(38)22-41-28-14-8-25(9-15-28)20-33-35-31(37)21-36(27-12-6-24(2)7-13-27)43(39,40)30-18-16-29(42-3)17-19-30/h4-20H,21-22H2,1-3H3,(H,34,38)(H,35,37)/b33-20-. The van der Waals surface area contributed by atoms with Gasteiger partial charge >= 0.3 is 0 Å². The predicted octanol–water partition coefficient (Wildman–Crippen LogP) is 5.39. The first-order valence-corrected chi connectivity index (χ1v) is 16.0. The molecule has 0 aliphatic carbocycles. The van der Waals surface area contributed by atoms with Gasteiger partial charge in [-0.1, -0.05) is 35.4 Å². The number of benzene rings is 4. The zero-order valence-corrected chi connectivity index (χ0v) is 25.6. The van der Waals surface area contributed by atoms with Gasteiger partial charge in [-0.3, -0.25) is 13.9 Å². The van der Waals surface area contributed by atoms with Crippen LogP contribution in [0.25, 0.3) is 0 Å². The van der Waals surface area contributed by atoms with Gasteiger partial charge in [0.15, 0.2) is 6.61 Å². The first-order valence-electron chi connectivity index (χ1n) is 13.3. The molecule has 0 aromatic heterocycles. The molecule has 222 valence electrons. The van der Waals surface area contributed by atoms with E-state index < -0.39 is 22.5 Å². The number of rotatable bonds is 12. The van der Waals surface area contributed by atoms with Crippen molar-refractivity contribution in [1.29, 1.82) is 0 Å². The Morgan fingerprint density at radius 3 is 2.05 bits per heavy atom. The Kier molecular flexibility index (Phi) is 10.6. The highest BCUT2D eigenvalue weighted by Gasteiger charge is 2.27. The van der Waals surface area contributed by atoms with Crippen molar-refractivity contribution in [3.8, 4) is 5.75 Å². The quantitative estimate of drug-likeness (QED) is 0.125. The van der Waals surface area contributed by atoms with Crippen molar-refractivity contribution < 1.29 is 22.7 Å². The zero-order valence-electron chi connectivity index (χ0n) is 24.0. The van der Waals surface area contributed by atoms with E-state index in [0.717, 1.165) is 20.3 Å². The molecule has 9 nitrogen and oxygen atoms in total. The maximum Gasteiger partial charge on any atom is 0.264 e. The van der Waals surface area contributed by atoms with Crippen LogP contribution in [0.5, 0.6) is 5.75 Å². The summed E-state index contributed by atoms with van der Waals surface area (Å²) < 4.78 is 33.7. The van der Waals surface area contributed by atoms with E-state index in [2.05, 4.69) is 15.8 Å². The first-order chi connectivity index (χ1) is 20.6. The van der Waals surface area contributed by atoms with E-state index in [1.807, 2.05) is 44.4 Å². The molecule has 0 aliphatic rings. The second-order valence-corrected chi connectivity index (χ2v) is 12.3.